The average molecular weight is 331 g/mol. The first-order valence-electron chi connectivity index (χ1n) is 7.70. The lowest BCUT2D eigenvalue weighted by Crippen LogP contribution is -2.29. The number of aliphatic hydroxyl groups is 1. The van der Waals surface area contributed by atoms with Crippen LogP contribution in [0.4, 0.5) is 10.5 Å². The first-order valence-corrected chi connectivity index (χ1v) is 8.08. The maximum Gasteiger partial charge on any atom is 0.319 e. The van der Waals surface area contributed by atoms with Crippen LogP contribution in [0.2, 0.25) is 5.02 Å². The first kappa shape index (κ1) is 15.8. The largest absolute Gasteiger partial charge is 0.393 e. The lowest BCUT2D eigenvalue weighted by atomic mass is 9.88. The molecule has 120 valence electrons. The SMILES string of the molecule is O=C(NCc1ccccc1Cl)Nc1cccc2c1CC(O)CC2. The Morgan fingerprint density at radius 1 is 1.22 bits per heavy atom. The van der Waals surface area contributed by atoms with E-state index in [4.69, 9.17) is 11.6 Å². The fraction of sp³-hybridized carbons (Fsp3) is 0.278. The summed E-state index contributed by atoms with van der Waals surface area (Å²) in [4.78, 5) is 12.1. The fourth-order valence-electron chi connectivity index (χ4n) is 2.87. The number of carbonyl (C=O) groups is 1. The van der Waals surface area contributed by atoms with Crippen LogP contribution in [0.5, 0.6) is 0 Å². The number of hydrogen-bond donors (Lipinski definition) is 3. The summed E-state index contributed by atoms with van der Waals surface area (Å²) in [7, 11) is 0. The van der Waals surface area contributed by atoms with Gasteiger partial charge >= 0.3 is 6.03 Å². The van der Waals surface area contributed by atoms with Gasteiger partial charge in [0, 0.05) is 23.7 Å². The summed E-state index contributed by atoms with van der Waals surface area (Å²) in [5.74, 6) is 0. The van der Waals surface area contributed by atoms with E-state index in [0.717, 1.165) is 29.7 Å². The summed E-state index contributed by atoms with van der Waals surface area (Å²) < 4.78 is 0. The number of urea groups is 1. The Kier molecular flexibility index (Phi) is 4.84. The molecule has 0 spiro atoms. The Bertz CT molecular complexity index is 718. The van der Waals surface area contributed by atoms with Crippen LogP contribution in [0.25, 0.3) is 0 Å². The van der Waals surface area contributed by atoms with Crippen molar-refractivity contribution in [3.8, 4) is 0 Å². The van der Waals surface area contributed by atoms with Gasteiger partial charge in [-0.1, -0.05) is 41.9 Å². The van der Waals surface area contributed by atoms with Gasteiger partial charge in [0.05, 0.1) is 6.10 Å². The van der Waals surface area contributed by atoms with E-state index in [1.807, 2.05) is 36.4 Å². The van der Waals surface area contributed by atoms with Crippen LogP contribution in [-0.2, 0) is 19.4 Å². The Labute approximate surface area is 140 Å². The Morgan fingerprint density at radius 3 is 2.87 bits per heavy atom. The molecule has 1 aliphatic rings. The Balaban J connectivity index is 1.66. The predicted octanol–water partition coefficient (Wildman–Crippen LogP) is 3.51. The van der Waals surface area contributed by atoms with Crippen LogP contribution >= 0.6 is 11.6 Å². The zero-order valence-corrected chi connectivity index (χ0v) is 13.4. The molecule has 2 aromatic carbocycles. The van der Waals surface area contributed by atoms with Crippen molar-refractivity contribution in [1.82, 2.24) is 5.32 Å². The van der Waals surface area contributed by atoms with Gasteiger partial charge in [-0.25, -0.2) is 4.79 Å². The minimum atomic E-state index is -0.336. The van der Waals surface area contributed by atoms with E-state index >= 15 is 0 Å². The van der Waals surface area contributed by atoms with Crippen molar-refractivity contribution in [1.29, 1.82) is 0 Å². The molecular formula is C18H19ClN2O2. The van der Waals surface area contributed by atoms with Gasteiger partial charge in [-0.05, 0) is 41.7 Å². The molecule has 0 saturated carbocycles. The fourth-order valence-corrected chi connectivity index (χ4v) is 3.07. The molecule has 4 nitrogen and oxygen atoms in total. The zero-order valence-electron chi connectivity index (χ0n) is 12.7. The van der Waals surface area contributed by atoms with E-state index in [2.05, 4.69) is 10.6 Å². The van der Waals surface area contributed by atoms with Gasteiger partial charge in [-0.15, -0.1) is 0 Å². The molecule has 0 aliphatic heterocycles. The number of nitrogens with one attached hydrogen (secondary N) is 2. The number of anilines is 1. The number of amides is 2. The van der Waals surface area contributed by atoms with E-state index < -0.39 is 0 Å². The average Bonchev–Trinajstić information content (AvgIpc) is 2.55. The highest BCUT2D eigenvalue weighted by atomic mass is 35.5. The maximum atomic E-state index is 12.1. The second-order valence-electron chi connectivity index (χ2n) is 5.74. The molecule has 2 aromatic rings. The summed E-state index contributed by atoms with van der Waals surface area (Å²) in [6.07, 6.45) is 1.86. The molecule has 0 heterocycles. The van der Waals surface area contributed by atoms with E-state index in [-0.39, 0.29) is 12.1 Å². The van der Waals surface area contributed by atoms with Gasteiger partial charge in [0.25, 0.3) is 0 Å². The maximum absolute atomic E-state index is 12.1. The number of aliphatic hydroxyl groups excluding tert-OH is 1. The molecule has 23 heavy (non-hydrogen) atoms. The molecule has 2 amide bonds. The van der Waals surface area contributed by atoms with Crippen molar-refractivity contribution >= 4 is 23.3 Å². The van der Waals surface area contributed by atoms with Crippen LogP contribution in [0, 0.1) is 0 Å². The summed E-state index contributed by atoms with van der Waals surface area (Å²) in [6.45, 7) is 0.364. The summed E-state index contributed by atoms with van der Waals surface area (Å²) >= 11 is 6.08. The van der Waals surface area contributed by atoms with Crippen molar-refractivity contribution in [3.05, 3.63) is 64.2 Å². The zero-order chi connectivity index (χ0) is 16.2. The molecule has 3 N–H and O–H groups in total. The minimum absolute atomic E-state index is 0.279. The van der Waals surface area contributed by atoms with Gasteiger partial charge in [-0.2, -0.15) is 0 Å². The monoisotopic (exact) mass is 330 g/mol. The topological polar surface area (TPSA) is 61.4 Å². The van der Waals surface area contributed by atoms with Gasteiger partial charge in [-0.3, -0.25) is 0 Å². The van der Waals surface area contributed by atoms with Crippen LogP contribution in [-0.4, -0.2) is 17.2 Å². The molecule has 5 heteroatoms. The molecule has 0 fully saturated rings. The molecule has 0 saturated heterocycles. The molecule has 3 rings (SSSR count). The highest BCUT2D eigenvalue weighted by molar-refractivity contribution is 6.31. The number of halogens is 1. The number of benzene rings is 2. The standard InChI is InChI=1S/C18H19ClN2O2/c19-16-6-2-1-4-13(16)11-20-18(23)21-17-7-3-5-12-8-9-14(22)10-15(12)17/h1-7,14,22H,8-11H2,(H2,20,21,23). The highest BCUT2D eigenvalue weighted by Crippen LogP contribution is 2.28. The molecule has 0 radical (unpaired) electrons. The molecule has 0 aromatic heterocycles. The lowest BCUT2D eigenvalue weighted by Gasteiger charge is -2.23. The van der Waals surface area contributed by atoms with Crippen molar-refractivity contribution < 1.29 is 9.90 Å². The second kappa shape index (κ2) is 7.02. The third-order valence-electron chi connectivity index (χ3n) is 4.11. The first-order chi connectivity index (χ1) is 11.1. The van der Waals surface area contributed by atoms with Gasteiger partial charge in [0.1, 0.15) is 0 Å². The van der Waals surface area contributed by atoms with E-state index in [0.29, 0.717) is 18.0 Å². The van der Waals surface area contributed by atoms with Crippen LogP contribution in [0.1, 0.15) is 23.1 Å². The normalized spacial score (nSPS) is 16.5. The Morgan fingerprint density at radius 2 is 2.04 bits per heavy atom. The second-order valence-corrected chi connectivity index (χ2v) is 6.15. The van der Waals surface area contributed by atoms with Gasteiger partial charge < -0.3 is 15.7 Å². The number of rotatable bonds is 3. The molecule has 1 aliphatic carbocycles. The van der Waals surface area contributed by atoms with E-state index in [9.17, 15) is 9.90 Å². The Hall–Kier alpha value is -2.04. The number of aryl methyl sites for hydroxylation is 1. The summed E-state index contributed by atoms with van der Waals surface area (Å²) in [5.41, 5.74) is 3.85. The van der Waals surface area contributed by atoms with E-state index in [1.165, 1.54) is 5.56 Å². The van der Waals surface area contributed by atoms with Crippen molar-refractivity contribution in [3.63, 3.8) is 0 Å². The van der Waals surface area contributed by atoms with Gasteiger partial charge in [0.2, 0.25) is 0 Å². The third-order valence-corrected chi connectivity index (χ3v) is 4.47. The summed E-state index contributed by atoms with van der Waals surface area (Å²) in [5, 5.41) is 16.2. The van der Waals surface area contributed by atoms with Crippen LogP contribution in [0.3, 0.4) is 0 Å². The molecular weight excluding hydrogens is 312 g/mol. The van der Waals surface area contributed by atoms with E-state index in [1.54, 1.807) is 6.07 Å². The lowest BCUT2D eigenvalue weighted by molar-refractivity contribution is 0.159. The van der Waals surface area contributed by atoms with Crippen molar-refractivity contribution in [2.24, 2.45) is 0 Å². The summed E-state index contributed by atoms with van der Waals surface area (Å²) in [6, 6.07) is 13.0. The quantitative estimate of drug-likeness (QED) is 0.806. The number of carbonyl (C=O) groups excluding carboxylic acids is 1. The molecule has 1 atom stereocenters. The van der Waals surface area contributed by atoms with Crippen molar-refractivity contribution in [2.45, 2.75) is 31.9 Å². The number of fused-ring (bicyclic) bond motifs is 1. The smallest absolute Gasteiger partial charge is 0.319 e. The van der Waals surface area contributed by atoms with Gasteiger partial charge in [0.15, 0.2) is 0 Å². The predicted molar refractivity (Wildman–Crippen MR) is 91.8 cm³/mol. The van der Waals surface area contributed by atoms with Crippen molar-refractivity contribution in [2.75, 3.05) is 5.32 Å². The molecule has 1 unspecified atom stereocenters. The van der Waals surface area contributed by atoms with Crippen LogP contribution < -0.4 is 10.6 Å². The molecule has 0 bridgehead atoms. The number of hydrogen-bond acceptors (Lipinski definition) is 2. The minimum Gasteiger partial charge on any atom is -0.393 e. The third kappa shape index (κ3) is 3.84. The highest BCUT2D eigenvalue weighted by Gasteiger charge is 2.19. The van der Waals surface area contributed by atoms with Crippen LogP contribution in [0.15, 0.2) is 42.5 Å².